The highest BCUT2D eigenvalue weighted by atomic mass is 16.5. The lowest BCUT2D eigenvalue weighted by Gasteiger charge is -2.20. The van der Waals surface area contributed by atoms with Crippen LogP contribution in [-0.2, 0) is 27.3 Å². The van der Waals surface area contributed by atoms with Gasteiger partial charge in [0.1, 0.15) is 12.4 Å². The molecule has 0 unspecified atom stereocenters. The van der Waals surface area contributed by atoms with Crippen molar-refractivity contribution in [1.29, 1.82) is 0 Å². The van der Waals surface area contributed by atoms with Crippen LogP contribution >= 0.6 is 0 Å². The first-order valence-electron chi connectivity index (χ1n) is 11.8. The fourth-order valence-corrected chi connectivity index (χ4v) is 4.21. The zero-order valence-corrected chi connectivity index (χ0v) is 18.7. The second-order valence-electron chi connectivity index (χ2n) is 8.23. The highest BCUT2D eigenvalue weighted by Gasteiger charge is 2.20. The standard InChI is InChI=1S/C24H36N4O3/c1-2-31-17-9-16-25-23(29)18-28-21-13-7-6-12-20(21)27-22(28)14-8-15-26-24(30)19-10-4-3-5-11-19/h6-7,12-13,19H,2-5,8-11,14-18H2,1H3,(H,25,29)(H,26,30). The van der Waals surface area contributed by atoms with E-state index >= 15 is 0 Å². The number of hydrogen-bond acceptors (Lipinski definition) is 4. The maximum Gasteiger partial charge on any atom is 0.240 e. The van der Waals surface area contributed by atoms with E-state index in [1.54, 1.807) is 0 Å². The van der Waals surface area contributed by atoms with Crippen molar-refractivity contribution in [3.63, 3.8) is 0 Å². The molecule has 7 nitrogen and oxygen atoms in total. The first-order chi connectivity index (χ1) is 15.2. The molecule has 31 heavy (non-hydrogen) atoms. The average molecular weight is 429 g/mol. The van der Waals surface area contributed by atoms with Gasteiger partial charge >= 0.3 is 0 Å². The molecule has 3 rings (SSSR count). The lowest BCUT2D eigenvalue weighted by atomic mass is 9.89. The smallest absolute Gasteiger partial charge is 0.240 e. The minimum absolute atomic E-state index is 0.0218. The Morgan fingerprint density at radius 2 is 1.87 bits per heavy atom. The highest BCUT2D eigenvalue weighted by molar-refractivity contribution is 5.81. The van der Waals surface area contributed by atoms with Gasteiger partial charge in [0.15, 0.2) is 0 Å². The number of carbonyl (C=O) groups excluding carboxylic acids is 2. The summed E-state index contributed by atoms with van der Waals surface area (Å²) in [6.07, 6.45) is 7.93. The van der Waals surface area contributed by atoms with Crippen molar-refractivity contribution in [2.45, 2.75) is 64.8 Å². The van der Waals surface area contributed by atoms with Crippen molar-refractivity contribution in [1.82, 2.24) is 20.2 Å². The monoisotopic (exact) mass is 428 g/mol. The molecule has 0 spiro atoms. The van der Waals surface area contributed by atoms with Crippen molar-refractivity contribution >= 4 is 22.8 Å². The van der Waals surface area contributed by atoms with Crippen LogP contribution in [0.15, 0.2) is 24.3 Å². The number of aromatic nitrogens is 2. The van der Waals surface area contributed by atoms with Crippen LogP contribution < -0.4 is 10.6 Å². The van der Waals surface area contributed by atoms with Gasteiger partial charge in [0.05, 0.1) is 11.0 Å². The highest BCUT2D eigenvalue weighted by Crippen LogP contribution is 2.23. The molecule has 2 aromatic rings. The average Bonchev–Trinajstić information content (AvgIpc) is 3.14. The third-order valence-corrected chi connectivity index (χ3v) is 5.88. The molecule has 1 aliphatic carbocycles. The summed E-state index contributed by atoms with van der Waals surface area (Å²) in [4.78, 5) is 29.6. The number of fused-ring (bicyclic) bond motifs is 1. The Labute approximate surface area is 184 Å². The van der Waals surface area contributed by atoms with Crippen LogP contribution in [0.2, 0.25) is 0 Å². The molecule has 2 amide bonds. The fraction of sp³-hybridized carbons (Fsp3) is 0.625. The number of nitrogens with zero attached hydrogens (tertiary/aromatic N) is 2. The van der Waals surface area contributed by atoms with Crippen molar-refractivity contribution in [3.05, 3.63) is 30.1 Å². The van der Waals surface area contributed by atoms with Gasteiger partial charge in [-0.2, -0.15) is 0 Å². The molecule has 0 saturated heterocycles. The second-order valence-corrected chi connectivity index (χ2v) is 8.23. The molecule has 0 atom stereocenters. The molecule has 1 aromatic carbocycles. The van der Waals surface area contributed by atoms with E-state index in [4.69, 9.17) is 9.72 Å². The maximum atomic E-state index is 12.5. The number of imidazole rings is 1. The summed E-state index contributed by atoms with van der Waals surface area (Å²) in [5.41, 5.74) is 1.86. The number of aryl methyl sites for hydroxylation is 1. The van der Waals surface area contributed by atoms with Crippen molar-refractivity contribution in [2.75, 3.05) is 26.3 Å². The molecule has 170 valence electrons. The van der Waals surface area contributed by atoms with Gasteiger partial charge in [0.25, 0.3) is 0 Å². The Morgan fingerprint density at radius 1 is 1.10 bits per heavy atom. The minimum atomic E-state index is -0.0218. The van der Waals surface area contributed by atoms with Crippen LogP contribution in [0.1, 0.15) is 57.7 Å². The molecule has 1 heterocycles. The summed E-state index contributed by atoms with van der Waals surface area (Å²) in [7, 11) is 0. The summed E-state index contributed by atoms with van der Waals surface area (Å²) in [6, 6.07) is 7.90. The summed E-state index contributed by atoms with van der Waals surface area (Å²) in [5.74, 6) is 1.24. The van der Waals surface area contributed by atoms with E-state index in [-0.39, 0.29) is 24.3 Å². The van der Waals surface area contributed by atoms with E-state index in [0.29, 0.717) is 26.3 Å². The largest absolute Gasteiger partial charge is 0.382 e. The van der Waals surface area contributed by atoms with E-state index in [9.17, 15) is 9.59 Å². The number of para-hydroxylation sites is 2. The Bertz CT molecular complexity index is 842. The second kappa shape index (κ2) is 12.4. The van der Waals surface area contributed by atoms with Crippen LogP contribution in [0.4, 0.5) is 0 Å². The van der Waals surface area contributed by atoms with Crippen LogP contribution in [0.3, 0.4) is 0 Å². The molecule has 2 N–H and O–H groups in total. The maximum absolute atomic E-state index is 12.5. The number of hydrogen-bond donors (Lipinski definition) is 2. The first-order valence-corrected chi connectivity index (χ1v) is 11.8. The predicted octanol–water partition coefficient (Wildman–Crippen LogP) is 3.21. The Balaban J connectivity index is 1.52. The summed E-state index contributed by atoms with van der Waals surface area (Å²) in [5, 5.41) is 6.06. The molecule has 1 fully saturated rings. The molecular formula is C24H36N4O3. The van der Waals surface area contributed by atoms with Crippen molar-refractivity contribution in [3.8, 4) is 0 Å². The van der Waals surface area contributed by atoms with Crippen molar-refractivity contribution < 1.29 is 14.3 Å². The van der Waals surface area contributed by atoms with Gasteiger partial charge in [-0.15, -0.1) is 0 Å². The van der Waals surface area contributed by atoms with Gasteiger partial charge in [-0.3, -0.25) is 9.59 Å². The number of amides is 2. The van der Waals surface area contributed by atoms with Crippen LogP contribution in [-0.4, -0.2) is 47.7 Å². The molecule has 0 radical (unpaired) electrons. The number of carbonyl (C=O) groups is 2. The summed E-state index contributed by atoms with van der Waals surface area (Å²) < 4.78 is 7.31. The van der Waals surface area contributed by atoms with Crippen LogP contribution in [0.5, 0.6) is 0 Å². The first kappa shape index (κ1) is 23.3. The number of ether oxygens (including phenoxy) is 1. The van der Waals surface area contributed by atoms with E-state index in [0.717, 1.165) is 61.8 Å². The van der Waals surface area contributed by atoms with Gasteiger partial charge in [-0.1, -0.05) is 31.4 Å². The summed E-state index contributed by atoms with van der Waals surface area (Å²) in [6.45, 7) is 4.81. The molecule has 1 aliphatic rings. The number of benzene rings is 1. The lowest BCUT2D eigenvalue weighted by Crippen LogP contribution is -2.33. The quantitative estimate of drug-likeness (QED) is 0.509. The normalized spacial score (nSPS) is 14.6. The third-order valence-electron chi connectivity index (χ3n) is 5.88. The SMILES string of the molecule is CCOCCCNC(=O)Cn1c(CCCNC(=O)C2CCCCC2)nc2ccccc21. The molecule has 0 bridgehead atoms. The predicted molar refractivity (Wildman–Crippen MR) is 122 cm³/mol. The zero-order chi connectivity index (χ0) is 21.9. The Hall–Kier alpha value is -2.41. The lowest BCUT2D eigenvalue weighted by molar-refractivity contribution is -0.126. The fourth-order valence-electron chi connectivity index (χ4n) is 4.21. The van der Waals surface area contributed by atoms with E-state index in [2.05, 4.69) is 10.6 Å². The molecule has 7 heteroatoms. The topological polar surface area (TPSA) is 85.2 Å². The molecule has 0 aliphatic heterocycles. The Morgan fingerprint density at radius 3 is 2.68 bits per heavy atom. The molecule has 1 aromatic heterocycles. The van der Waals surface area contributed by atoms with E-state index in [1.807, 2.05) is 35.8 Å². The zero-order valence-electron chi connectivity index (χ0n) is 18.7. The van der Waals surface area contributed by atoms with E-state index in [1.165, 1.54) is 6.42 Å². The summed E-state index contributed by atoms with van der Waals surface area (Å²) >= 11 is 0. The molecular weight excluding hydrogens is 392 g/mol. The van der Waals surface area contributed by atoms with Gasteiger partial charge in [0, 0.05) is 38.6 Å². The van der Waals surface area contributed by atoms with Gasteiger partial charge in [0.2, 0.25) is 11.8 Å². The number of nitrogens with one attached hydrogen (secondary N) is 2. The van der Waals surface area contributed by atoms with E-state index < -0.39 is 0 Å². The third kappa shape index (κ3) is 7.06. The van der Waals surface area contributed by atoms with Crippen LogP contribution in [0.25, 0.3) is 11.0 Å². The minimum Gasteiger partial charge on any atom is -0.382 e. The van der Waals surface area contributed by atoms with Crippen molar-refractivity contribution in [2.24, 2.45) is 5.92 Å². The molecule has 1 saturated carbocycles. The number of rotatable bonds is 12. The van der Waals surface area contributed by atoms with Gasteiger partial charge in [-0.05, 0) is 44.7 Å². The van der Waals surface area contributed by atoms with Crippen LogP contribution in [0, 0.1) is 5.92 Å². The van der Waals surface area contributed by atoms with Gasteiger partial charge in [-0.25, -0.2) is 4.98 Å². The van der Waals surface area contributed by atoms with Gasteiger partial charge < -0.3 is 19.9 Å². The Kier molecular flexibility index (Phi) is 9.34.